The predicted molar refractivity (Wildman–Crippen MR) is 39.5 cm³/mol. The van der Waals surface area contributed by atoms with Gasteiger partial charge < -0.3 is 4.57 Å². The lowest BCUT2D eigenvalue weighted by Gasteiger charge is -1.96. The van der Waals surface area contributed by atoms with E-state index in [1.54, 1.807) is 7.05 Å². The SMILES string of the molecule is CC(=O)c1cn(C)c(=O)cn1. The van der Waals surface area contributed by atoms with Crippen molar-refractivity contribution in [3.63, 3.8) is 0 Å². The summed E-state index contributed by atoms with van der Waals surface area (Å²) in [5, 5.41) is 0. The summed E-state index contributed by atoms with van der Waals surface area (Å²) >= 11 is 0. The van der Waals surface area contributed by atoms with Gasteiger partial charge in [0.05, 0.1) is 6.20 Å². The van der Waals surface area contributed by atoms with Crippen molar-refractivity contribution < 1.29 is 4.79 Å². The minimum absolute atomic E-state index is 0.138. The van der Waals surface area contributed by atoms with Gasteiger partial charge in [-0.2, -0.15) is 0 Å². The molecule has 0 spiro atoms. The Morgan fingerprint density at radius 2 is 2.27 bits per heavy atom. The normalized spacial score (nSPS) is 9.64. The smallest absolute Gasteiger partial charge is 0.268 e. The topological polar surface area (TPSA) is 52.0 Å². The summed E-state index contributed by atoms with van der Waals surface area (Å²) in [5.74, 6) is -0.138. The van der Waals surface area contributed by atoms with Crippen LogP contribution in [0.25, 0.3) is 0 Å². The first kappa shape index (κ1) is 7.65. The molecule has 58 valence electrons. The minimum Gasteiger partial charge on any atom is -0.315 e. The van der Waals surface area contributed by atoms with Crippen LogP contribution in [0.3, 0.4) is 0 Å². The Bertz CT molecular complexity index is 341. The Kier molecular flexibility index (Phi) is 1.85. The second-order valence-corrected chi connectivity index (χ2v) is 2.28. The Morgan fingerprint density at radius 1 is 1.64 bits per heavy atom. The van der Waals surface area contributed by atoms with E-state index in [0.717, 1.165) is 6.20 Å². The maximum Gasteiger partial charge on any atom is 0.268 e. The van der Waals surface area contributed by atoms with E-state index in [1.165, 1.54) is 17.7 Å². The lowest BCUT2D eigenvalue weighted by atomic mass is 10.3. The Hall–Kier alpha value is -1.45. The molecule has 0 unspecified atom stereocenters. The Labute approximate surface area is 63.5 Å². The van der Waals surface area contributed by atoms with Crippen molar-refractivity contribution in [2.45, 2.75) is 6.92 Å². The second-order valence-electron chi connectivity index (χ2n) is 2.28. The van der Waals surface area contributed by atoms with Gasteiger partial charge in [0.1, 0.15) is 5.69 Å². The highest BCUT2D eigenvalue weighted by Crippen LogP contribution is 1.89. The van der Waals surface area contributed by atoms with E-state index in [-0.39, 0.29) is 11.3 Å². The second kappa shape index (κ2) is 2.65. The van der Waals surface area contributed by atoms with Crippen molar-refractivity contribution in [3.05, 3.63) is 28.4 Å². The molecule has 0 aliphatic heterocycles. The number of ketones is 1. The Morgan fingerprint density at radius 3 is 2.73 bits per heavy atom. The molecule has 0 aliphatic rings. The van der Waals surface area contributed by atoms with Crippen LogP contribution in [-0.2, 0) is 7.05 Å². The number of rotatable bonds is 1. The number of nitrogens with zero attached hydrogens (tertiary/aromatic N) is 2. The molecule has 4 nitrogen and oxygen atoms in total. The molecule has 0 atom stereocenters. The zero-order chi connectivity index (χ0) is 8.43. The number of carbonyl (C=O) groups is 1. The van der Waals surface area contributed by atoms with E-state index in [4.69, 9.17) is 0 Å². The van der Waals surface area contributed by atoms with Crippen LogP contribution in [0.4, 0.5) is 0 Å². The standard InChI is InChI=1S/C7H8N2O2/c1-5(10)6-4-9(2)7(11)3-8-6/h3-4H,1-2H3. The van der Waals surface area contributed by atoms with Crippen LogP contribution in [0, 0.1) is 0 Å². The quantitative estimate of drug-likeness (QED) is 0.531. The van der Waals surface area contributed by atoms with E-state index in [2.05, 4.69) is 4.98 Å². The molecule has 0 fully saturated rings. The fraction of sp³-hybridized carbons (Fsp3) is 0.286. The van der Waals surface area contributed by atoms with Crippen molar-refractivity contribution in [3.8, 4) is 0 Å². The summed E-state index contributed by atoms with van der Waals surface area (Å²) in [6, 6.07) is 0. The predicted octanol–water partition coefficient (Wildman–Crippen LogP) is -0.0171. The van der Waals surface area contributed by atoms with Crippen molar-refractivity contribution in [2.24, 2.45) is 7.05 Å². The van der Waals surface area contributed by atoms with Gasteiger partial charge in [0, 0.05) is 20.2 Å². The van der Waals surface area contributed by atoms with Gasteiger partial charge in [-0.05, 0) is 0 Å². The highest BCUT2D eigenvalue weighted by atomic mass is 16.1. The molecule has 1 aromatic heterocycles. The fourth-order valence-corrected chi connectivity index (χ4v) is 0.678. The molecule has 1 heterocycles. The number of aryl methyl sites for hydroxylation is 1. The maximum absolute atomic E-state index is 10.8. The number of hydrogen-bond donors (Lipinski definition) is 0. The van der Waals surface area contributed by atoms with Crippen LogP contribution in [0.1, 0.15) is 17.4 Å². The molecule has 0 radical (unpaired) electrons. The van der Waals surface area contributed by atoms with E-state index in [1.807, 2.05) is 0 Å². The van der Waals surface area contributed by atoms with Gasteiger partial charge in [-0.25, -0.2) is 4.98 Å². The summed E-state index contributed by atoms with van der Waals surface area (Å²) in [6.07, 6.45) is 2.56. The molecule has 1 rings (SSSR count). The number of carbonyl (C=O) groups excluding carboxylic acids is 1. The Balaban J connectivity index is 3.26. The van der Waals surface area contributed by atoms with Gasteiger partial charge in [0.2, 0.25) is 0 Å². The van der Waals surface area contributed by atoms with E-state index in [9.17, 15) is 9.59 Å². The first-order chi connectivity index (χ1) is 5.11. The number of aromatic nitrogens is 2. The van der Waals surface area contributed by atoms with Crippen LogP contribution in [-0.4, -0.2) is 15.3 Å². The highest BCUT2D eigenvalue weighted by Gasteiger charge is 2.00. The molecule has 0 bridgehead atoms. The molecular formula is C7H8N2O2. The molecule has 0 aliphatic carbocycles. The zero-order valence-electron chi connectivity index (χ0n) is 6.37. The van der Waals surface area contributed by atoms with Gasteiger partial charge in [-0.3, -0.25) is 9.59 Å². The van der Waals surface area contributed by atoms with Crippen LogP contribution in [0.15, 0.2) is 17.2 Å². The third kappa shape index (κ3) is 1.52. The van der Waals surface area contributed by atoms with Crippen molar-refractivity contribution in [1.82, 2.24) is 9.55 Å². The minimum atomic E-state index is -0.213. The van der Waals surface area contributed by atoms with Crippen LogP contribution in [0.2, 0.25) is 0 Å². The van der Waals surface area contributed by atoms with Crippen LogP contribution < -0.4 is 5.56 Å². The van der Waals surface area contributed by atoms with Gasteiger partial charge in [-0.1, -0.05) is 0 Å². The van der Waals surface area contributed by atoms with Gasteiger partial charge in [0.15, 0.2) is 5.78 Å². The average molecular weight is 152 g/mol. The van der Waals surface area contributed by atoms with Crippen molar-refractivity contribution in [2.75, 3.05) is 0 Å². The molecule has 4 heteroatoms. The van der Waals surface area contributed by atoms with Gasteiger partial charge in [-0.15, -0.1) is 0 Å². The van der Waals surface area contributed by atoms with E-state index in [0.29, 0.717) is 5.69 Å². The summed E-state index contributed by atoms with van der Waals surface area (Å²) in [6.45, 7) is 1.41. The summed E-state index contributed by atoms with van der Waals surface area (Å²) in [5.41, 5.74) is 0.0992. The lowest BCUT2D eigenvalue weighted by Crippen LogP contribution is -2.17. The van der Waals surface area contributed by atoms with Crippen molar-refractivity contribution in [1.29, 1.82) is 0 Å². The summed E-state index contributed by atoms with van der Waals surface area (Å²) in [7, 11) is 1.58. The van der Waals surface area contributed by atoms with Gasteiger partial charge >= 0.3 is 0 Å². The maximum atomic E-state index is 10.8. The first-order valence-electron chi connectivity index (χ1n) is 3.15. The van der Waals surface area contributed by atoms with E-state index >= 15 is 0 Å². The molecule has 0 saturated carbocycles. The summed E-state index contributed by atoms with van der Waals surface area (Å²) in [4.78, 5) is 25.2. The summed E-state index contributed by atoms with van der Waals surface area (Å²) < 4.78 is 1.32. The van der Waals surface area contributed by atoms with E-state index < -0.39 is 0 Å². The largest absolute Gasteiger partial charge is 0.315 e. The van der Waals surface area contributed by atoms with Crippen LogP contribution >= 0.6 is 0 Å². The monoisotopic (exact) mass is 152 g/mol. The number of hydrogen-bond acceptors (Lipinski definition) is 3. The molecule has 1 aromatic rings. The molecular weight excluding hydrogens is 144 g/mol. The molecule has 0 aromatic carbocycles. The third-order valence-electron chi connectivity index (χ3n) is 1.34. The van der Waals surface area contributed by atoms with Crippen molar-refractivity contribution >= 4 is 5.78 Å². The van der Waals surface area contributed by atoms with Crippen LogP contribution in [0.5, 0.6) is 0 Å². The average Bonchev–Trinajstić information content (AvgIpc) is 1.94. The molecule has 0 saturated heterocycles. The third-order valence-corrected chi connectivity index (χ3v) is 1.34. The first-order valence-corrected chi connectivity index (χ1v) is 3.15. The molecule has 0 amide bonds. The molecule has 11 heavy (non-hydrogen) atoms. The number of Topliss-reactive ketones (excluding diaryl/α,β-unsaturated/α-hetero) is 1. The molecule has 0 N–H and O–H groups in total. The van der Waals surface area contributed by atoms with Gasteiger partial charge in [0.25, 0.3) is 5.56 Å². The lowest BCUT2D eigenvalue weighted by molar-refractivity contribution is 0.101. The highest BCUT2D eigenvalue weighted by molar-refractivity contribution is 5.91. The zero-order valence-corrected chi connectivity index (χ0v) is 6.37. The fourth-order valence-electron chi connectivity index (χ4n) is 0.678.